The number of aryl methyl sites for hydroxylation is 3. The van der Waals surface area contributed by atoms with Crippen molar-refractivity contribution in [1.29, 1.82) is 0 Å². The third kappa shape index (κ3) is 4.79. The second-order valence-corrected chi connectivity index (χ2v) is 6.84. The van der Waals surface area contributed by atoms with Gasteiger partial charge in [0.15, 0.2) is 5.52 Å². The Morgan fingerprint density at radius 1 is 0.840 bits per heavy atom. The summed E-state index contributed by atoms with van der Waals surface area (Å²) in [6.07, 6.45) is 0. The second-order valence-electron chi connectivity index (χ2n) is 5.63. The number of ether oxygens (including phenoxy) is 3. The van der Waals surface area contributed by atoms with E-state index in [4.69, 9.17) is 14.2 Å². The van der Waals surface area contributed by atoms with E-state index in [1.54, 1.807) is 19.2 Å². The molecular weight excluding hydrogens is 330 g/mol. The summed E-state index contributed by atoms with van der Waals surface area (Å²) in [7, 11) is 4.65. The molecule has 0 saturated carbocycles. The number of carbonyl (C=O) groups excluding carboxylic acids is 1. The minimum Gasteiger partial charge on any atom is -0.496 e. The first-order valence-electron chi connectivity index (χ1n) is 7.60. The van der Waals surface area contributed by atoms with Crippen molar-refractivity contribution in [2.75, 3.05) is 21.3 Å². The predicted molar refractivity (Wildman–Crippen MR) is 105 cm³/mol. The van der Waals surface area contributed by atoms with Gasteiger partial charge < -0.3 is 14.2 Å². The van der Waals surface area contributed by atoms with E-state index in [0.29, 0.717) is 22.8 Å². The van der Waals surface area contributed by atoms with Crippen LogP contribution in [0.2, 0.25) is 0 Å². The van der Waals surface area contributed by atoms with E-state index < -0.39 is 0 Å². The zero-order valence-electron chi connectivity index (χ0n) is 15.9. The molecule has 4 nitrogen and oxygen atoms in total. The van der Waals surface area contributed by atoms with Crippen LogP contribution in [0.1, 0.15) is 27.0 Å². The van der Waals surface area contributed by atoms with Crippen LogP contribution in [0.3, 0.4) is 0 Å². The maximum Gasteiger partial charge on any atom is 0.193 e. The molecule has 6 heteroatoms. The number of rotatable bonds is 6. The van der Waals surface area contributed by atoms with E-state index >= 15 is 0 Å². The van der Waals surface area contributed by atoms with E-state index in [0.717, 1.165) is 16.4 Å². The van der Waals surface area contributed by atoms with Crippen LogP contribution in [0.15, 0.2) is 24.3 Å². The molecule has 2 aromatic carbocycles. The SMILES string of the molecule is COc1cc(OC)c(C(=O)Pc2c(C)cc(C)cc2C)c(OC)c1.[Li]. The standard InChI is InChI=1S/C19H23O4P.Li/c1-11-7-12(2)18(13(3)8-11)24-19(20)17-15(22-5)9-14(21-4)10-16(17)23-6;/h7-10,24H,1-6H3;. The zero-order chi connectivity index (χ0) is 17.9. The van der Waals surface area contributed by atoms with Crippen LogP contribution in [0, 0.1) is 20.8 Å². The van der Waals surface area contributed by atoms with Gasteiger partial charge in [0.25, 0.3) is 0 Å². The number of methoxy groups -OCH3 is 3. The average Bonchev–Trinajstić information content (AvgIpc) is 2.56. The van der Waals surface area contributed by atoms with Crippen LogP contribution < -0.4 is 19.5 Å². The van der Waals surface area contributed by atoms with Crippen LogP contribution >= 0.6 is 8.58 Å². The Labute approximate surface area is 163 Å². The molecule has 0 N–H and O–H groups in total. The molecule has 25 heavy (non-hydrogen) atoms. The summed E-state index contributed by atoms with van der Waals surface area (Å²) in [4.78, 5) is 13.0. The summed E-state index contributed by atoms with van der Waals surface area (Å²) in [6, 6.07) is 7.61. The Kier molecular flexibility index (Phi) is 8.02. The normalized spacial score (nSPS) is 10.5. The Morgan fingerprint density at radius 2 is 1.32 bits per heavy atom. The van der Waals surface area contributed by atoms with Crippen LogP contribution in [-0.2, 0) is 0 Å². The molecular formula is C19H23LiO4P. The van der Waals surface area contributed by atoms with Crippen molar-refractivity contribution in [3.63, 3.8) is 0 Å². The van der Waals surface area contributed by atoms with Gasteiger partial charge in [-0.1, -0.05) is 17.7 Å². The van der Waals surface area contributed by atoms with E-state index in [9.17, 15) is 4.79 Å². The minimum absolute atomic E-state index is 0. The van der Waals surface area contributed by atoms with Crippen molar-refractivity contribution >= 4 is 38.3 Å². The van der Waals surface area contributed by atoms with Gasteiger partial charge in [-0.3, -0.25) is 4.79 Å². The summed E-state index contributed by atoms with van der Waals surface area (Å²) in [6.45, 7) is 6.14. The largest absolute Gasteiger partial charge is 0.496 e. The molecule has 0 aliphatic carbocycles. The molecule has 2 aromatic rings. The molecule has 0 saturated heterocycles. The van der Waals surface area contributed by atoms with Crippen LogP contribution in [0.4, 0.5) is 0 Å². The third-order valence-electron chi connectivity index (χ3n) is 3.86. The van der Waals surface area contributed by atoms with Crippen molar-refractivity contribution in [3.05, 3.63) is 46.5 Å². The third-order valence-corrected chi connectivity index (χ3v) is 5.37. The number of benzene rings is 2. The summed E-state index contributed by atoms with van der Waals surface area (Å²) < 4.78 is 16.0. The van der Waals surface area contributed by atoms with Crippen molar-refractivity contribution in [1.82, 2.24) is 0 Å². The fraction of sp³-hybridized carbons (Fsp3) is 0.316. The molecule has 0 aromatic heterocycles. The van der Waals surface area contributed by atoms with Crippen molar-refractivity contribution in [2.45, 2.75) is 20.8 Å². The molecule has 2 rings (SSSR count). The first-order valence-corrected chi connectivity index (χ1v) is 8.60. The van der Waals surface area contributed by atoms with E-state index in [-0.39, 0.29) is 33.0 Å². The topological polar surface area (TPSA) is 44.8 Å². The average molecular weight is 353 g/mol. The zero-order valence-corrected chi connectivity index (χ0v) is 16.9. The maximum atomic E-state index is 13.0. The van der Waals surface area contributed by atoms with E-state index in [1.165, 1.54) is 19.8 Å². The molecule has 0 spiro atoms. The quantitative estimate of drug-likeness (QED) is 0.590. The van der Waals surface area contributed by atoms with Gasteiger partial charge in [-0.15, -0.1) is 0 Å². The molecule has 0 bridgehead atoms. The monoisotopic (exact) mass is 353 g/mol. The Bertz CT molecular complexity index is 726. The first-order chi connectivity index (χ1) is 11.4. The summed E-state index contributed by atoms with van der Waals surface area (Å²) >= 11 is 0. The van der Waals surface area contributed by atoms with Gasteiger partial charge >= 0.3 is 0 Å². The molecule has 129 valence electrons. The predicted octanol–water partition coefficient (Wildman–Crippen LogP) is 3.40. The fourth-order valence-electron chi connectivity index (χ4n) is 2.78. The summed E-state index contributed by atoms with van der Waals surface area (Å²) in [5.41, 5.74) is 3.90. The molecule has 1 radical (unpaired) electrons. The van der Waals surface area contributed by atoms with E-state index in [2.05, 4.69) is 19.1 Å². The second kappa shape index (κ2) is 9.29. The number of carbonyl (C=O) groups is 1. The Hall–Kier alpha value is -1.46. The van der Waals surface area contributed by atoms with Crippen molar-refractivity contribution < 1.29 is 19.0 Å². The van der Waals surface area contributed by atoms with Crippen LogP contribution in [0.5, 0.6) is 17.2 Å². The molecule has 1 unspecified atom stereocenters. The summed E-state index contributed by atoms with van der Waals surface area (Å²) in [5.74, 6) is 1.52. The Balaban J connectivity index is 0.00000312. The molecule has 1 atom stereocenters. The molecule has 0 amide bonds. The fourth-order valence-corrected chi connectivity index (χ4v) is 3.92. The number of hydrogen-bond donors (Lipinski definition) is 0. The Morgan fingerprint density at radius 3 is 1.72 bits per heavy atom. The van der Waals surface area contributed by atoms with Gasteiger partial charge in [-0.05, 0) is 45.8 Å². The molecule has 0 heterocycles. The van der Waals surface area contributed by atoms with Gasteiger partial charge in [-0.2, -0.15) is 0 Å². The van der Waals surface area contributed by atoms with Crippen LogP contribution in [0.25, 0.3) is 0 Å². The minimum atomic E-state index is -0.0126. The van der Waals surface area contributed by atoms with Crippen molar-refractivity contribution in [3.8, 4) is 17.2 Å². The van der Waals surface area contributed by atoms with Crippen LogP contribution in [-0.4, -0.2) is 45.7 Å². The van der Waals surface area contributed by atoms with E-state index in [1.807, 2.05) is 13.8 Å². The van der Waals surface area contributed by atoms with Gasteiger partial charge in [0, 0.05) is 31.0 Å². The van der Waals surface area contributed by atoms with Gasteiger partial charge in [0.05, 0.1) is 21.3 Å². The summed E-state index contributed by atoms with van der Waals surface area (Å²) in [5, 5.41) is 1.07. The van der Waals surface area contributed by atoms with Gasteiger partial charge in [0.2, 0.25) is 0 Å². The first kappa shape index (κ1) is 21.6. The van der Waals surface area contributed by atoms with Crippen molar-refractivity contribution in [2.24, 2.45) is 0 Å². The van der Waals surface area contributed by atoms with Gasteiger partial charge in [0.1, 0.15) is 22.8 Å². The molecule has 0 fully saturated rings. The number of hydrogen-bond acceptors (Lipinski definition) is 4. The van der Waals surface area contributed by atoms with Gasteiger partial charge in [-0.25, -0.2) is 0 Å². The molecule has 0 aliphatic rings. The smallest absolute Gasteiger partial charge is 0.193 e. The molecule has 0 aliphatic heterocycles. The maximum absolute atomic E-state index is 13.0.